The Bertz CT molecular complexity index is 958. The summed E-state index contributed by atoms with van der Waals surface area (Å²) >= 11 is 0. The molecule has 2 aromatic carbocycles. The Hall–Kier alpha value is -3.94. The summed E-state index contributed by atoms with van der Waals surface area (Å²) in [4.78, 5) is 27.1. The molecular formula is C20H17FN4O3. The van der Waals surface area contributed by atoms with Gasteiger partial charge in [0.15, 0.2) is 0 Å². The molecule has 3 rings (SSSR count). The predicted molar refractivity (Wildman–Crippen MR) is 102 cm³/mol. The first-order valence-electron chi connectivity index (χ1n) is 8.33. The van der Waals surface area contributed by atoms with Gasteiger partial charge in [-0.15, -0.1) is 0 Å². The van der Waals surface area contributed by atoms with Crippen molar-refractivity contribution in [2.45, 2.75) is 6.54 Å². The number of hydrogen-bond donors (Lipinski definition) is 3. The molecule has 8 heteroatoms. The highest BCUT2D eigenvalue weighted by Gasteiger charge is 2.07. The number of pyridine rings is 1. The zero-order valence-corrected chi connectivity index (χ0v) is 14.7. The number of rotatable bonds is 6. The molecule has 7 nitrogen and oxygen atoms in total. The van der Waals surface area contributed by atoms with Gasteiger partial charge in [-0.3, -0.25) is 4.79 Å². The van der Waals surface area contributed by atoms with E-state index >= 15 is 0 Å². The van der Waals surface area contributed by atoms with E-state index in [1.165, 1.54) is 30.5 Å². The highest BCUT2D eigenvalue weighted by Crippen LogP contribution is 2.21. The maximum atomic E-state index is 12.9. The maximum Gasteiger partial charge on any atom is 0.312 e. The third-order valence-electron chi connectivity index (χ3n) is 3.71. The highest BCUT2D eigenvalue weighted by molar-refractivity contribution is 6.04. The number of halogens is 1. The fraction of sp³-hybridized carbons (Fsp3) is 0.0500. The Balaban J connectivity index is 1.58. The van der Waals surface area contributed by atoms with Crippen molar-refractivity contribution >= 4 is 17.6 Å². The molecule has 0 aliphatic rings. The monoisotopic (exact) mass is 380 g/mol. The molecule has 142 valence electrons. The summed E-state index contributed by atoms with van der Waals surface area (Å²) in [7, 11) is 0. The third-order valence-corrected chi connectivity index (χ3v) is 3.71. The summed E-state index contributed by atoms with van der Waals surface area (Å²) in [6.45, 7) is 0.288. The topological polar surface area (TPSA) is 106 Å². The van der Waals surface area contributed by atoms with Gasteiger partial charge < -0.3 is 21.1 Å². The van der Waals surface area contributed by atoms with Crippen molar-refractivity contribution in [3.63, 3.8) is 0 Å². The van der Waals surface area contributed by atoms with Gasteiger partial charge in [0.2, 0.25) is 5.88 Å². The van der Waals surface area contributed by atoms with Crippen molar-refractivity contribution in [1.82, 2.24) is 10.3 Å². The molecule has 28 heavy (non-hydrogen) atoms. The van der Waals surface area contributed by atoms with Crippen LogP contribution in [0.4, 0.5) is 14.9 Å². The molecule has 1 heterocycles. The average molecular weight is 380 g/mol. The van der Waals surface area contributed by atoms with Gasteiger partial charge in [-0.1, -0.05) is 12.1 Å². The van der Waals surface area contributed by atoms with Crippen molar-refractivity contribution in [2.75, 3.05) is 5.32 Å². The van der Waals surface area contributed by atoms with Crippen LogP contribution in [0.5, 0.6) is 11.6 Å². The molecule has 0 atom stereocenters. The van der Waals surface area contributed by atoms with E-state index in [2.05, 4.69) is 15.6 Å². The van der Waals surface area contributed by atoms with E-state index in [9.17, 15) is 14.0 Å². The van der Waals surface area contributed by atoms with E-state index in [4.69, 9.17) is 10.5 Å². The number of aromatic nitrogens is 1. The van der Waals surface area contributed by atoms with Crippen molar-refractivity contribution in [1.29, 1.82) is 0 Å². The minimum absolute atomic E-state index is 0.288. The number of benzene rings is 2. The maximum absolute atomic E-state index is 12.9. The smallest absolute Gasteiger partial charge is 0.312 e. The van der Waals surface area contributed by atoms with Gasteiger partial charge in [0, 0.05) is 18.2 Å². The zero-order chi connectivity index (χ0) is 19.9. The fourth-order valence-electron chi connectivity index (χ4n) is 2.30. The molecule has 0 fully saturated rings. The molecule has 3 aromatic rings. The summed E-state index contributed by atoms with van der Waals surface area (Å²) in [5.41, 5.74) is 6.79. The van der Waals surface area contributed by atoms with Crippen LogP contribution in [-0.2, 0) is 6.54 Å². The molecular weight excluding hydrogens is 363 g/mol. The molecule has 0 aliphatic carbocycles. The second-order valence-corrected chi connectivity index (χ2v) is 5.81. The van der Waals surface area contributed by atoms with Crippen LogP contribution in [0.1, 0.15) is 15.9 Å². The zero-order valence-electron chi connectivity index (χ0n) is 14.7. The normalized spacial score (nSPS) is 10.2. The van der Waals surface area contributed by atoms with E-state index in [1.54, 1.807) is 36.4 Å². The minimum atomic E-state index is -0.610. The van der Waals surface area contributed by atoms with Crippen LogP contribution in [-0.4, -0.2) is 16.9 Å². The first-order valence-corrected chi connectivity index (χ1v) is 8.33. The molecule has 1 aromatic heterocycles. The molecule has 0 bridgehead atoms. The van der Waals surface area contributed by atoms with E-state index in [1.807, 2.05) is 0 Å². The molecule has 0 saturated heterocycles. The Morgan fingerprint density at radius 3 is 2.32 bits per heavy atom. The van der Waals surface area contributed by atoms with Crippen molar-refractivity contribution in [3.8, 4) is 11.6 Å². The van der Waals surface area contributed by atoms with Gasteiger partial charge in [-0.25, -0.2) is 14.2 Å². The SMILES string of the molecule is NC(=O)NCc1ccc(C(=O)Nc2ccc(Oc3ccc(F)cc3)nc2)cc1. The van der Waals surface area contributed by atoms with Crippen molar-refractivity contribution in [3.05, 3.63) is 83.8 Å². The largest absolute Gasteiger partial charge is 0.439 e. The van der Waals surface area contributed by atoms with Gasteiger partial charge in [0.25, 0.3) is 5.91 Å². The lowest BCUT2D eigenvalue weighted by atomic mass is 10.1. The Morgan fingerprint density at radius 2 is 1.71 bits per heavy atom. The van der Waals surface area contributed by atoms with E-state index < -0.39 is 6.03 Å². The number of primary amides is 1. The van der Waals surface area contributed by atoms with Gasteiger partial charge in [-0.2, -0.15) is 0 Å². The van der Waals surface area contributed by atoms with Crippen LogP contribution in [0.25, 0.3) is 0 Å². The number of ether oxygens (including phenoxy) is 1. The van der Waals surface area contributed by atoms with Gasteiger partial charge in [0.1, 0.15) is 11.6 Å². The second kappa shape index (κ2) is 8.63. The first-order chi connectivity index (χ1) is 13.5. The lowest BCUT2D eigenvalue weighted by Gasteiger charge is -2.08. The van der Waals surface area contributed by atoms with E-state index in [0.717, 1.165) is 5.56 Å². The van der Waals surface area contributed by atoms with Crippen LogP contribution in [0.15, 0.2) is 66.9 Å². The third kappa shape index (κ3) is 5.28. The average Bonchev–Trinajstić information content (AvgIpc) is 2.70. The lowest BCUT2D eigenvalue weighted by Crippen LogP contribution is -2.28. The molecule has 0 radical (unpaired) electrons. The summed E-state index contributed by atoms with van der Waals surface area (Å²) in [6, 6.07) is 14.9. The second-order valence-electron chi connectivity index (χ2n) is 5.81. The van der Waals surface area contributed by atoms with Gasteiger partial charge in [0.05, 0.1) is 11.9 Å². The van der Waals surface area contributed by atoms with Gasteiger partial charge in [-0.05, 0) is 48.0 Å². The van der Waals surface area contributed by atoms with Crippen LogP contribution in [0.3, 0.4) is 0 Å². The highest BCUT2D eigenvalue weighted by atomic mass is 19.1. The van der Waals surface area contributed by atoms with E-state index in [0.29, 0.717) is 22.9 Å². The Labute approximate surface area is 160 Å². The molecule has 0 unspecified atom stereocenters. The predicted octanol–water partition coefficient (Wildman–Crippen LogP) is 3.43. The van der Waals surface area contributed by atoms with Crippen molar-refractivity contribution in [2.24, 2.45) is 5.73 Å². The number of hydrogen-bond acceptors (Lipinski definition) is 4. The first kappa shape index (κ1) is 18.8. The number of carbonyl (C=O) groups excluding carboxylic acids is 2. The molecule has 4 N–H and O–H groups in total. The Morgan fingerprint density at radius 1 is 1.00 bits per heavy atom. The Kier molecular flexibility index (Phi) is 5.81. The lowest BCUT2D eigenvalue weighted by molar-refractivity contribution is 0.102. The van der Waals surface area contributed by atoms with Crippen LogP contribution < -0.4 is 21.1 Å². The number of anilines is 1. The minimum Gasteiger partial charge on any atom is -0.439 e. The molecule has 0 saturated carbocycles. The fourth-order valence-corrected chi connectivity index (χ4v) is 2.30. The standard InChI is InChI=1S/C20H17FN4O3/c21-15-5-8-17(9-6-15)28-18-10-7-16(12-23-18)25-19(26)14-3-1-13(2-4-14)11-24-20(22)27/h1-10,12H,11H2,(H,25,26)(H3,22,24,27). The summed E-state index contributed by atoms with van der Waals surface area (Å²) < 4.78 is 18.4. The molecule has 0 spiro atoms. The van der Waals surface area contributed by atoms with Crippen molar-refractivity contribution < 1.29 is 18.7 Å². The van der Waals surface area contributed by atoms with E-state index in [-0.39, 0.29) is 18.3 Å². The quantitative estimate of drug-likeness (QED) is 0.609. The summed E-state index contributed by atoms with van der Waals surface area (Å²) in [5.74, 6) is 0.117. The number of nitrogens with two attached hydrogens (primary N) is 1. The summed E-state index contributed by atoms with van der Waals surface area (Å²) in [5, 5.41) is 5.21. The summed E-state index contributed by atoms with van der Waals surface area (Å²) in [6.07, 6.45) is 1.46. The van der Waals surface area contributed by atoms with Gasteiger partial charge >= 0.3 is 6.03 Å². The number of nitrogens with one attached hydrogen (secondary N) is 2. The van der Waals surface area contributed by atoms with Crippen LogP contribution >= 0.6 is 0 Å². The number of urea groups is 1. The van der Waals surface area contributed by atoms with Crippen LogP contribution in [0, 0.1) is 5.82 Å². The molecule has 3 amide bonds. The molecule has 0 aliphatic heterocycles. The number of amides is 3. The van der Waals surface area contributed by atoms with Crippen LogP contribution in [0.2, 0.25) is 0 Å². The number of nitrogens with zero attached hydrogens (tertiary/aromatic N) is 1. The number of carbonyl (C=O) groups is 2.